The highest BCUT2D eigenvalue weighted by Crippen LogP contribution is 3.03. The van der Waals surface area contributed by atoms with Crippen molar-refractivity contribution in [3.63, 3.8) is 0 Å². The molecule has 52 heavy (non-hydrogen) atoms. The molecule has 0 radical (unpaired) electrons. The topological polar surface area (TPSA) is 0 Å². The molecule has 0 nitrogen and oxygen atoms in total. The fraction of sp³-hybridized carbons (Fsp3) is 0.882. The smallest absolute Gasteiger partial charge is 0.0218 e. The van der Waals surface area contributed by atoms with Crippen molar-refractivity contribution in [1.29, 1.82) is 0 Å². The zero-order chi connectivity index (χ0) is 32.8. The van der Waals surface area contributed by atoms with Crippen LogP contribution in [0.15, 0.2) is 23.8 Å². The summed E-state index contributed by atoms with van der Waals surface area (Å²) in [7, 11) is 0. The van der Waals surface area contributed by atoms with E-state index in [2.05, 4.69) is 49.0 Å². The molecule has 272 valence electrons. The third-order valence-electron chi connectivity index (χ3n) is 26.1. The summed E-state index contributed by atoms with van der Waals surface area (Å²) in [5, 5.41) is 0. The highest BCUT2D eigenvalue weighted by atomic mass is 32.1. The van der Waals surface area contributed by atoms with Crippen molar-refractivity contribution in [1.82, 2.24) is 0 Å². The fourth-order valence-corrected chi connectivity index (χ4v) is 29.2. The van der Waals surface area contributed by atoms with Gasteiger partial charge in [-0.25, -0.2) is 0 Å². The van der Waals surface area contributed by atoms with Gasteiger partial charge in [0.05, 0.1) is 0 Å². The maximum Gasteiger partial charge on any atom is 0.0218 e. The van der Waals surface area contributed by atoms with Crippen LogP contribution in [0, 0.1) is 171 Å². The van der Waals surface area contributed by atoms with Crippen LogP contribution in [0.5, 0.6) is 0 Å². The largest absolute Gasteiger partial charge is 0.145 e. The molecule has 17 aliphatic carbocycles. The first-order valence-electron chi connectivity index (χ1n) is 24.5. The van der Waals surface area contributed by atoms with Crippen LogP contribution in [0.4, 0.5) is 0 Å². The summed E-state index contributed by atoms with van der Waals surface area (Å²) in [6.45, 7) is 4.96. The first kappa shape index (κ1) is 27.9. The average Bonchev–Trinajstić information content (AvgIpc) is 3.94. The van der Waals surface area contributed by atoms with Crippen LogP contribution >= 0.6 is 11.3 Å². The van der Waals surface area contributed by atoms with Gasteiger partial charge in [-0.15, -0.1) is 11.3 Å². The monoisotopic (exact) mass is 706 g/mol. The molecule has 0 N–H and O–H groups in total. The second-order valence-electron chi connectivity index (χ2n) is 25.1. The lowest BCUT2D eigenvalue weighted by Gasteiger charge is -2.62. The summed E-state index contributed by atoms with van der Waals surface area (Å²) >= 11 is 2.37. The molecule has 1 aromatic heterocycles. The molecule has 16 saturated carbocycles. The molecule has 1 heteroatoms. The number of hydrogen-bond acceptors (Lipinski definition) is 1. The molecule has 17 aliphatic rings. The Morgan fingerprint density at radius 1 is 0.558 bits per heavy atom. The van der Waals surface area contributed by atoms with E-state index in [0.717, 1.165) is 53.3 Å². The molecule has 18 rings (SSSR count). The summed E-state index contributed by atoms with van der Waals surface area (Å²) in [5.74, 6) is 31.7. The van der Waals surface area contributed by atoms with Crippen LogP contribution in [-0.4, -0.2) is 0 Å². The first-order valence-corrected chi connectivity index (χ1v) is 25.3. The van der Waals surface area contributed by atoms with E-state index in [1.165, 1.54) is 132 Å². The van der Waals surface area contributed by atoms with Crippen molar-refractivity contribution in [2.75, 3.05) is 0 Å². The Labute approximate surface area is 316 Å². The SMILES string of the molecule is CCCCCC1(c2ccc(CC)s2)C23C=C4CC5CC6CC7CC8CC9CC%10CC(C2)C2C%11C%10C9C9C8C8C7C6C6C5C5C7C6C8C9C%11C7C2C31C45. The lowest BCUT2D eigenvalue weighted by molar-refractivity contribution is -0.154. The summed E-state index contributed by atoms with van der Waals surface area (Å²) in [5.41, 5.74) is 3.84. The second-order valence-corrected chi connectivity index (χ2v) is 26.2. The highest BCUT2D eigenvalue weighted by molar-refractivity contribution is 7.12. The minimum atomic E-state index is 0.499. The normalized spacial score (nSPS) is 74.3. The van der Waals surface area contributed by atoms with Gasteiger partial charge in [0.1, 0.15) is 0 Å². The summed E-state index contributed by atoms with van der Waals surface area (Å²) < 4.78 is 0. The van der Waals surface area contributed by atoms with Crippen molar-refractivity contribution >= 4 is 11.3 Å². The van der Waals surface area contributed by atoms with Crippen molar-refractivity contribution in [3.05, 3.63) is 33.5 Å². The number of allylic oxidation sites excluding steroid dienone is 2. The van der Waals surface area contributed by atoms with E-state index < -0.39 is 0 Å². The standard InChI is InChI=1S/C51H62S/c1-3-5-6-9-50(28-8-7-27(4-2)52-28)49-17-25-15-23-13-21-12-22-11-19-10-20-14-24-16-26(18-49)47-45-34(24)38-30(20)29(19)36-33(22)37-31(21)32(23)39-35(25)48(51(47,49)50)46-43(39)41(37)40(36)42(38)44(45)46/h7-8,18-25,29-48H,3-6,9-17H2,1-2H3. The van der Waals surface area contributed by atoms with Gasteiger partial charge in [-0.05, 0) is 236 Å². The number of aryl methyl sites for hydroxylation is 1. The molecule has 1 spiro atoms. The third-order valence-corrected chi connectivity index (χ3v) is 27.5. The van der Waals surface area contributed by atoms with E-state index in [1.54, 1.807) is 62.7 Å². The van der Waals surface area contributed by atoms with Crippen LogP contribution in [-0.2, 0) is 11.8 Å². The molecule has 0 amide bonds. The van der Waals surface area contributed by atoms with E-state index in [0.29, 0.717) is 16.2 Å². The first-order chi connectivity index (χ1) is 25.7. The Morgan fingerprint density at radius 3 is 1.73 bits per heavy atom. The van der Waals surface area contributed by atoms with Gasteiger partial charge in [-0.1, -0.05) is 44.8 Å². The number of thiophene rings is 1. The van der Waals surface area contributed by atoms with Gasteiger partial charge in [0.2, 0.25) is 0 Å². The summed E-state index contributed by atoms with van der Waals surface area (Å²) in [6.07, 6.45) is 24.1. The maximum absolute atomic E-state index is 3.33. The molecule has 30 atom stereocenters. The Morgan fingerprint density at radius 2 is 1.10 bits per heavy atom. The molecular weight excluding hydrogens is 645 g/mol. The maximum atomic E-state index is 3.33. The zero-order valence-electron chi connectivity index (χ0n) is 31.9. The lowest BCUT2D eigenvalue weighted by Crippen LogP contribution is -2.59. The zero-order valence-corrected chi connectivity index (χ0v) is 32.7. The van der Waals surface area contributed by atoms with Crippen molar-refractivity contribution in [2.24, 2.45) is 171 Å². The lowest BCUT2D eigenvalue weighted by atomic mass is 9.41. The fourth-order valence-electron chi connectivity index (χ4n) is 27.8. The minimum Gasteiger partial charge on any atom is -0.145 e. The predicted octanol–water partition coefficient (Wildman–Crippen LogP) is 11.0. The van der Waals surface area contributed by atoms with Crippen molar-refractivity contribution in [2.45, 2.75) is 103 Å². The Bertz CT molecular complexity index is 1970. The summed E-state index contributed by atoms with van der Waals surface area (Å²) in [4.78, 5) is 3.67. The Hall–Kier alpha value is -0.560. The van der Waals surface area contributed by atoms with Crippen LogP contribution in [0.3, 0.4) is 0 Å². The molecule has 0 aliphatic heterocycles. The number of unbranched alkanes of at least 4 members (excludes halogenated alkanes) is 2. The van der Waals surface area contributed by atoms with Gasteiger partial charge in [-0.2, -0.15) is 0 Å². The molecule has 0 aromatic carbocycles. The molecule has 16 fully saturated rings. The van der Waals surface area contributed by atoms with E-state index >= 15 is 0 Å². The van der Waals surface area contributed by atoms with Crippen molar-refractivity contribution < 1.29 is 0 Å². The highest BCUT2D eigenvalue weighted by Gasteiger charge is 3.00. The van der Waals surface area contributed by atoms with Gasteiger partial charge in [0.25, 0.3) is 0 Å². The van der Waals surface area contributed by atoms with E-state index in [9.17, 15) is 0 Å². The quantitative estimate of drug-likeness (QED) is 0.204. The second kappa shape index (κ2) is 7.96. The molecular formula is C51H62S. The molecule has 0 saturated heterocycles. The van der Waals surface area contributed by atoms with Crippen LogP contribution in [0.2, 0.25) is 0 Å². The third kappa shape index (κ3) is 2.20. The van der Waals surface area contributed by atoms with Crippen LogP contribution < -0.4 is 0 Å². The van der Waals surface area contributed by atoms with Gasteiger partial charge >= 0.3 is 0 Å². The van der Waals surface area contributed by atoms with Crippen molar-refractivity contribution in [3.8, 4) is 0 Å². The van der Waals surface area contributed by atoms with Gasteiger partial charge < -0.3 is 0 Å². The molecule has 0 bridgehead atoms. The Balaban J connectivity index is 0.973. The minimum absolute atomic E-state index is 0.499. The Kier molecular flexibility index (Phi) is 4.28. The average molecular weight is 707 g/mol. The predicted molar refractivity (Wildman–Crippen MR) is 204 cm³/mol. The van der Waals surface area contributed by atoms with Gasteiger partial charge in [0.15, 0.2) is 0 Å². The molecule has 1 heterocycles. The summed E-state index contributed by atoms with van der Waals surface area (Å²) in [6, 6.07) is 5.47. The van der Waals surface area contributed by atoms with E-state index in [4.69, 9.17) is 0 Å². The number of hydrogen-bond donors (Lipinski definition) is 0. The van der Waals surface area contributed by atoms with Gasteiger partial charge in [-0.3, -0.25) is 0 Å². The molecule has 1 aromatic rings. The van der Waals surface area contributed by atoms with E-state index in [1.807, 2.05) is 4.88 Å². The number of rotatable bonds is 6. The molecule has 30 unspecified atom stereocenters. The van der Waals surface area contributed by atoms with Gasteiger partial charge in [0, 0.05) is 26.0 Å². The van der Waals surface area contributed by atoms with Crippen LogP contribution in [0.1, 0.15) is 101 Å². The van der Waals surface area contributed by atoms with E-state index in [-0.39, 0.29) is 0 Å². The van der Waals surface area contributed by atoms with Crippen LogP contribution in [0.25, 0.3) is 0 Å².